The fraction of sp³-hybridized carbons (Fsp3) is 0.444. The van der Waals surface area contributed by atoms with E-state index in [2.05, 4.69) is 12.2 Å². The van der Waals surface area contributed by atoms with Gasteiger partial charge in [-0.2, -0.15) is 0 Å². The van der Waals surface area contributed by atoms with Crippen molar-refractivity contribution in [2.45, 2.75) is 76.5 Å². The largest absolute Gasteiger partial charge is 0.497 e. The first kappa shape index (κ1) is 33.9. The van der Waals surface area contributed by atoms with Crippen LogP contribution in [0.25, 0.3) is 0 Å². The molecule has 2 amide bonds. The average molecular weight is 663 g/mol. The highest BCUT2D eigenvalue weighted by atomic mass is 32.2. The minimum atomic E-state index is -0.320. The van der Waals surface area contributed by atoms with Gasteiger partial charge in [0.15, 0.2) is 11.6 Å². The van der Waals surface area contributed by atoms with E-state index < -0.39 is 0 Å². The lowest BCUT2D eigenvalue weighted by Crippen LogP contribution is -2.39. The molecule has 2 atom stereocenters. The number of rotatable bonds is 10. The summed E-state index contributed by atoms with van der Waals surface area (Å²) in [7, 11) is 3.25. The Morgan fingerprint density at radius 3 is 1.37 bits per heavy atom. The van der Waals surface area contributed by atoms with Crippen molar-refractivity contribution in [2.24, 2.45) is 0 Å². The molecule has 10 heteroatoms. The number of methoxy groups -OCH3 is 2. The first-order valence-electron chi connectivity index (χ1n) is 16.0. The van der Waals surface area contributed by atoms with Gasteiger partial charge in [0.2, 0.25) is 0 Å². The van der Waals surface area contributed by atoms with Crippen LogP contribution < -0.4 is 9.47 Å². The number of carbonyl (C=O) groups excluding carboxylic acids is 4. The van der Waals surface area contributed by atoms with Crippen molar-refractivity contribution in [1.82, 2.24) is 9.80 Å². The summed E-state index contributed by atoms with van der Waals surface area (Å²) in [6, 6.07) is 14.6. The summed E-state index contributed by atoms with van der Waals surface area (Å²) >= 11 is 2.49. The van der Waals surface area contributed by atoms with Gasteiger partial charge >= 0.3 is 0 Å². The van der Waals surface area contributed by atoms with E-state index in [4.69, 9.17) is 9.47 Å². The van der Waals surface area contributed by atoms with Crippen LogP contribution in [0.1, 0.15) is 62.5 Å². The molecule has 2 aliphatic carbocycles. The van der Waals surface area contributed by atoms with Crippen molar-refractivity contribution in [3.8, 4) is 11.5 Å². The van der Waals surface area contributed by atoms with Crippen molar-refractivity contribution >= 4 is 45.6 Å². The number of nitrogens with zero attached hydrogens (tertiary/aromatic N) is 2. The lowest BCUT2D eigenvalue weighted by Gasteiger charge is -2.24. The summed E-state index contributed by atoms with van der Waals surface area (Å²) in [4.78, 5) is 53.3. The highest BCUT2D eigenvalue weighted by molar-refractivity contribution is 8.14. The molecular formula is C36H42N2O6S2. The molecule has 8 nitrogen and oxygen atoms in total. The van der Waals surface area contributed by atoms with Gasteiger partial charge in [-0.1, -0.05) is 59.9 Å². The SMILES string of the molecule is COc1ccc(CN2C(=O)SC[C@H]2C(=O)C2=CCCCC2)cc1.COc1ccc(CN2C(=O)SC[C@H]2C(=O)C2=CCCCC2)cc1. The molecule has 2 saturated heterocycles. The number of ether oxygens (including phenoxy) is 2. The van der Waals surface area contributed by atoms with E-state index in [-0.39, 0.29) is 34.1 Å². The number of hydrogen-bond donors (Lipinski definition) is 0. The zero-order chi connectivity index (χ0) is 32.5. The van der Waals surface area contributed by atoms with Gasteiger partial charge in [0.1, 0.15) is 23.6 Å². The van der Waals surface area contributed by atoms with Crippen molar-refractivity contribution in [3.63, 3.8) is 0 Å². The van der Waals surface area contributed by atoms with E-state index in [1.807, 2.05) is 48.5 Å². The molecule has 0 bridgehead atoms. The average Bonchev–Trinajstić information content (AvgIpc) is 3.66. The van der Waals surface area contributed by atoms with Gasteiger partial charge in [-0.25, -0.2) is 0 Å². The third-order valence-corrected chi connectivity index (χ3v) is 10.7. The third-order valence-electron chi connectivity index (χ3n) is 8.79. The molecule has 6 rings (SSSR count). The second-order valence-electron chi connectivity index (χ2n) is 11.8. The van der Waals surface area contributed by atoms with Crippen molar-refractivity contribution in [2.75, 3.05) is 25.7 Å². The summed E-state index contributed by atoms with van der Waals surface area (Å²) in [5, 5.41) is -0.00819. The van der Waals surface area contributed by atoms with E-state index in [9.17, 15) is 19.2 Å². The Labute approximate surface area is 279 Å². The molecule has 2 fully saturated rings. The molecule has 2 aliphatic heterocycles. The van der Waals surface area contributed by atoms with Crippen LogP contribution in [0.3, 0.4) is 0 Å². The Kier molecular flexibility index (Phi) is 12.0. The highest BCUT2D eigenvalue weighted by Gasteiger charge is 2.39. The summed E-state index contributed by atoms with van der Waals surface area (Å²) < 4.78 is 10.3. The molecule has 2 aromatic carbocycles. The van der Waals surface area contributed by atoms with Crippen LogP contribution >= 0.6 is 23.5 Å². The van der Waals surface area contributed by atoms with E-state index in [0.717, 1.165) is 85.1 Å². The molecular weight excluding hydrogens is 621 g/mol. The van der Waals surface area contributed by atoms with Gasteiger partial charge in [-0.15, -0.1) is 0 Å². The molecule has 0 unspecified atom stereocenters. The third kappa shape index (κ3) is 8.45. The summed E-state index contributed by atoms with van der Waals surface area (Å²) in [6.07, 6.45) is 12.2. The van der Waals surface area contributed by atoms with Gasteiger partial charge in [-0.3, -0.25) is 19.2 Å². The molecule has 2 heterocycles. The Bertz CT molecular complexity index is 1360. The normalized spacial score (nSPS) is 21.3. The smallest absolute Gasteiger partial charge is 0.282 e. The number of hydrogen-bond acceptors (Lipinski definition) is 8. The molecule has 0 aromatic heterocycles. The monoisotopic (exact) mass is 662 g/mol. The molecule has 4 aliphatic rings. The summed E-state index contributed by atoms with van der Waals surface area (Å²) in [6.45, 7) is 0.943. The maximum absolute atomic E-state index is 12.8. The second kappa shape index (κ2) is 16.4. The maximum Gasteiger partial charge on any atom is 0.282 e. The van der Waals surface area contributed by atoms with E-state index in [1.165, 1.54) is 23.5 Å². The van der Waals surface area contributed by atoms with Crippen LogP contribution in [0.4, 0.5) is 9.59 Å². The van der Waals surface area contributed by atoms with Gasteiger partial charge in [0, 0.05) is 24.6 Å². The first-order valence-corrected chi connectivity index (χ1v) is 17.9. The van der Waals surface area contributed by atoms with Crippen LogP contribution in [0.15, 0.2) is 71.8 Å². The Hall–Kier alpha value is -3.50. The van der Waals surface area contributed by atoms with Crippen LogP contribution in [-0.4, -0.2) is 69.7 Å². The molecule has 0 radical (unpaired) electrons. The second-order valence-corrected chi connectivity index (χ2v) is 13.8. The minimum Gasteiger partial charge on any atom is -0.497 e. The summed E-state index contributed by atoms with van der Waals surface area (Å²) in [5.74, 6) is 2.97. The van der Waals surface area contributed by atoms with Gasteiger partial charge in [-0.05, 0) is 97.9 Å². The van der Waals surface area contributed by atoms with Gasteiger partial charge in [0.05, 0.1) is 14.2 Å². The molecule has 0 spiro atoms. The minimum absolute atomic E-state index is 0.00409. The van der Waals surface area contributed by atoms with Crippen LogP contribution in [-0.2, 0) is 22.7 Å². The van der Waals surface area contributed by atoms with E-state index in [0.29, 0.717) is 24.6 Å². The Morgan fingerprint density at radius 2 is 1.04 bits per heavy atom. The molecule has 0 saturated carbocycles. The van der Waals surface area contributed by atoms with Crippen molar-refractivity contribution in [1.29, 1.82) is 0 Å². The Balaban J connectivity index is 0.000000181. The van der Waals surface area contributed by atoms with Crippen LogP contribution in [0.5, 0.6) is 11.5 Å². The number of ketones is 2. The van der Waals surface area contributed by atoms with E-state index >= 15 is 0 Å². The molecule has 0 N–H and O–H groups in total. The topological polar surface area (TPSA) is 93.2 Å². The Morgan fingerprint density at radius 1 is 0.652 bits per heavy atom. The van der Waals surface area contributed by atoms with Gasteiger partial charge in [0.25, 0.3) is 10.5 Å². The first-order chi connectivity index (χ1) is 22.4. The van der Waals surface area contributed by atoms with Crippen LogP contribution in [0.2, 0.25) is 0 Å². The van der Waals surface area contributed by atoms with Crippen molar-refractivity contribution < 1.29 is 28.7 Å². The van der Waals surface area contributed by atoms with Gasteiger partial charge < -0.3 is 19.3 Å². The maximum atomic E-state index is 12.8. The molecule has 244 valence electrons. The number of Topliss-reactive ketones (excluding diaryl/α,β-unsaturated/α-hetero) is 2. The lowest BCUT2D eigenvalue weighted by atomic mass is 9.93. The number of thioether (sulfide) groups is 2. The predicted molar refractivity (Wildman–Crippen MR) is 183 cm³/mol. The number of amides is 2. The number of allylic oxidation sites excluding steroid dienone is 2. The fourth-order valence-electron chi connectivity index (χ4n) is 6.09. The highest BCUT2D eigenvalue weighted by Crippen LogP contribution is 2.32. The molecule has 2 aromatic rings. The van der Waals surface area contributed by atoms with E-state index in [1.54, 1.807) is 24.0 Å². The lowest BCUT2D eigenvalue weighted by molar-refractivity contribution is -0.119. The number of carbonyl (C=O) groups is 4. The van der Waals surface area contributed by atoms with Crippen molar-refractivity contribution in [3.05, 3.63) is 83.0 Å². The number of benzene rings is 2. The summed E-state index contributed by atoms with van der Waals surface area (Å²) in [5.41, 5.74) is 3.85. The standard InChI is InChI=1S/2C18H21NO3S/c2*1-22-15-9-7-13(8-10-15)11-19-16(12-23-18(19)21)17(20)14-5-3-2-4-6-14/h2*5,7-10,16H,2-4,6,11-12H2,1H3/t2*16-/m00/s1. The predicted octanol–water partition coefficient (Wildman–Crippen LogP) is 7.60. The zero-order valence-electron chi connectivity index (χ0n) is 26.6. The quantitative estimate of drug-likeness (QED) is 0.257. The zero-order valence-corrected chi connectivity index (χ0v) is 28.2. The van der Waals surface area contributed by atoms with Crippen LogP contribution in [0, 0.1) is 0 Å². The fourth-order valence-corrected chi connectivity index (χ4v) is 8.07. The molecule has 46 heavy (non-hydrogen) atoms.